The maximum absolute atomic E-state index is 12.0. The predicted molar refractivity (Wildman–Crippen MR) is 81.1 cm³/mol. The summed E-state index contributed by atoms with van der Waals surface area (Å²) in [5.74, 6) is 1.20. The van der Waals surface area contributed by atoms with Crippen molar-refractivity contribution in [2.45, 2.75) is 43.5 Å². The lowest BCUT2D eigenvalue weighted by Crippen LogP contribution is -2.41. The number of carbonyl (C=O) groups is 1. The number of nitrogens with two attached hydrogens (primary N) is 1. The highest BCUT2D eigenvalue weighted by Crippen LogP contribution is 2.24. The molecule has 1 fully saturated rings. The van der Waals surface area contributed by atoms with E-state index in [0.717, 1.165) is 17.0 Å². The Hall–Kier alpha value is -1.16. The molecule has 1 aromatic rings. The second-order valence-corrected chi connectivity index (χ2v) is 6.35. The third-order valence-corrected chi connectivity index (χ3v) is 4.68. The first-order valence-corrected chi connectivity index (χ1v) is 7.91. The molecule has 0 aliphatic heterocycles. The molecule has 0 spiro atoms. The molecular weight excluding hydrogens is 256 g/mol. The van der Waals surface area contributed by atoms with Crippen molar-refractivity contribution in [3.05, 3.63) is 24.3 Å². The summed E-state index contributed by atoms with van der Waals surface area (Å²) >= 11 is 1.54. The second-order valence-electron chi connectivity index (χ2n) is 5.30. The number of hydrogen-bond donors (Lipinski definition) is 2. The topological polar surface area (TPSA) is 55.1 Å². The van der Waals surface area contributed by atoms with Crippen molar-refractivity contribution in [2.75, 3.05) is 11.5 Å². The minimum absolute atomic E-state index is 0.131. The summed E-state index contributed by atoms with van der Waals surface area (Å²) in [6.07, 6.45) is 4.88. The number of benzene rings is 1. The van der Waals surface area contributed by atoms with Gasteiger partial charge in [-0.15, -0.1) is 11.8 Å². The third-order valence-electron chi connectivity index (χ3n) is 3.69. The fraction of sp³-hybridized carbons (Fsp3) is 0.533. The zero-order valence-corrected chi connectivity index (χ0v) is 12.2. The molecule has 1 aliphatic rings. The molecule has 1 aliphatic carbocycles. The zero-order chi connectivity index (χ0) is 13.7. The Morgan fingerprint density at radius 2 is 2.21 bits per heavy atom. The van der Waals surface area contributed by atoms with E-state index >= 15 is 0 Å². The lowest BCUT2D eigenvalue weighted by molar-refractivity contribution is -0.119. The molecule has 1 aromatic carbocycles. The van der Waals surface area contributed by atoms with Crippen LogP contribution in [0.5, 0.6) is 0 Å². The van der Waals surface area contributed by atoms with Gasteiger partial charge in [-0.2, -0.15) is 0 Å². The Labute approximate surface area is 119 Å². The fourth-order valence-corrected chi connectivity index (χ4v) is 3.31. The van der Waals surface area contributed by atoms with Crippen molar-refractivity contribution in [3.8, 4) is 0 Å². The summed E-state index contributed by atoms with van der Waals surface area (Å²) in [6.45, 7) is 2.23. The molecule has 3 N–H and O–H groups in total. The molecule has 0 heterocycles. The van der Waals surface area contributed by atoms with Crippen LogP contribution in [0.15, 0.2) is 29.2 Å². The largest absolute Gasteiger partial charge is 0.399 e. The summed E-state index contributed by atoms with van der Waals surface area (Å²) in [5.41, 5.74) is 6.46. The predicted octanol–water partition coefficient (Wildman–Crippen LogP) is 3.06. The lowest BCUT2D eigenvalue weighted by Gasteiger charge is -2.29. The van der Waals surface area contributed by atoms with E-state index in [-0.39, 0.29) is 5.91 Å². The minimum Gasteiger partial charge on any atom is -0.399 e. The Balaban J connectivity index is 1.78. The molecule has 104 valence electrons. The molecule has 1 saturated carbocycles. The van der Waals surface area contributed by atoms with Crippen molar-refractivity contribution in [1.29, 1.82) is 0 Å². The molecule has 0 radical (unpaired) electrons. The van der Waals surface area contributed by atoms with Crippen LogP contribution in [-0.2, 0) is 4.79 Å². The van der Waals surface area contributed by atoms with Gasteiger partial charge in [-0.3, -0.25) is 4.79 Å². The molecule has 0 bridgehead atoms. The summed E-state index contributed by atoms with van der Waals surface area (Å²) in [6, 6.07) is 8.02. The standard InChI is InChI=1S/C15H22N2OS/c1-11-5-2-3-8-14(11)17-15(18)10-19-13-7-4-6-12(16)9-13/h4,6-7,9,11,14H,2-3,5,8,10,16H2,1H3,(H,17,18). The van der Waals surface area contributed by atoms with E-state index in [1.807, 2.05) is 24.3 Å². The second kappa shape index (κ2) is 6.85. The van der Waals surface area contributed by atoms with E-state index in [1.165, 1.54) is 19.3 Å². The Bertz CT molecular complexity index is 436. The average molecular weight is 278 g/mol. The molecule has 0 aromatic heterocycles. The summed E-state index contributed by atoms with van der Waals surface area (Å²) in [7, 11) is 0. The van der Waals surface area contributed by atoms with Gasteiger partial charge in [0.05, 0.1) is 5.75 Å². The number of amides is 1. The van der Waals surface area contributed by atoms with Gasteiger partial charge in [-0.05, 0) is 37.0 Å². The highest BCUT2D eigenvalue weighted by Gasteiger charge is 2.22. The number of rotatable bonds is 4. The van der Waals surface area contributed by atoms with Gasteiger partial charge in [0.2, 0.25) is 5.91 Å². The fourth-order valence-electron chi connectivity index (χ4n) is 2.53. The van der Waals surface area contributed by atoms with Crippen LogP contribution in [0.2, 0.25) is 0 Å². The summed E-state index contributed by atoms with van der Waals surface area (Å²) in [4.78, 5) is 13.0. The first-order chi connectivity index (χ1) is 9.15. The van der Waals surface area contributed by atoms with Gasteiger partial charge in [0.1, 0.15) is 0 Å². The van der Waals surface area contributed by atoms with Crippen molar-refractivity contribution >= 4 is 23.4 Å². The lowest BCUT2D eigenvalue weighted by atomic mass is 9.86. The number of hydrogen-bond acceptors (Lipinski definition) is 3. The molecular formula is C15H22N2OS. The minimum atomic E-state index is 0.131. The molecule has 2 unspecified atom stereocenters. The van der Waals surface area contributed by atoms with Gasteiger partial charge in [0, 0.05) is 16.6 Å². The van der Waals surface area contributed by atoms with Crippen LogP contribution in [0.25, 0.3) is 0 Å². The SMILES string of the molecule is CC1CCCCC1NC(=O)CSc1cccc(N)c1. The van der Waals surface area contributed by atoms with Crippen LogP contribution in [0.1, 0.15) is 32.6 Å². The normalized spacial score (nSPS) is 23.0. The van der Waals surface area contributed by atoms with Crippen molar-refractivity contribution in [3.63, 3.8) is 0 Å². The maximum Gasteiger partial charge on any atom is 0.230 e. The number of nitrogen functional groups attached to an aromatic ring is 1. The smallest absolute Gasteiger partial charge is 0.230 e. The Morgan fingerprint density at radius 3 is 2.95 bits per heavy atom. The maximum atomic E-state index is 12.0. The van der Waals surface area contributed by atoms with E-state index < -0.39 is 0 Å². The van der Waals surface area contributed by atoms with Gasteiger partial charge in [0.25, 0.3) is 0 Å². The van der Waals surface area contributed by atoms with Gasteiger partial charge < -0.3 is 11.1 Å². The highest BCUT2D eigenvalue weighted by molar-refractivity contribution is 8.00. The van der Waals surface area contributed by atoms with Crippen molar-refractivity contribution in [2.24, 2.45) is 5.92 Å². The van der Waals surface area contributed by atoms with Crippen molar-refractivity contribution < 1.29 is 4.79 Å². The van der Waals surface area contributed by atoms with E-state index in [1.54, 1.807) is 11.8 Å². The summed E-state index contributed by atoms with van der Waals surface area (Å²) in [5, 5.41) is 3.16. The van der Waals surface area contributed by atoms with Gasteiger partial charge >= 0.3 is 0 Å². The molecule has 19 heavy (non-hydrogen) atoms. The van der Waals surface area contributed by atoms with Crippen LogP contribution < -0.4 is 11.1 Å². The first-order valence-electron chi connectivity index (χ1n) is 6.93. The average Bonchev–Trinajstić information content (AvgIpc) is 2.39. The monoisotopic (exact) mass is 278 g/mol. The molecule has 1 amide bonds. The Morgan fingerprint density at radius 1 is 1.42 bits per heavy atom. The quantitative estimate of drug-likeness (QED) is 0.657. The van der Waals surface area contributed by atoms with Gasteiger partial charge in [-0.1, -0.05) is 25.8 Å². The number of carbonyl (C=O) groups excluding carboxylic acids is 1. The number of thioether (sulfide) groups is 1. The van der Waals surface area contributed by atoms with Crippen LogP contribution in [0.4, 0.5) is 5.69 Å². The van der Waals surface area contributed by atoms with Crippen LogP contribution in [0, 0.1) is 5.92 Å². The van der Waals surface area contributed by atoms with Crippen LogP contribution in [0.3, 0.4) is 0 Å². The van der Waals surface area contributed by atoms with Crippen LogP contribution in [-0.4, -0.2) is 17.7 Å². The van der Waals surface area contributed by atoms with E-state index in [0.29, 0.717) is 17.7 Å². The Kier molecular flexibility index (Phi) is 5.14. The molecule has 3 nitrogen and oxygen atoms in total. The third kappa shape index (κ3) is 4.46. The van der Waals surface area contributed by atoms with E-state index in [9.17, 15) is 4.79 Å². The van der Waals surface area contributed by atoms with Gasteiger partial charge in [0.15, 0.2) is 0 Å². The molecule has 0 saturated heterocycles. The molecule has 4 heteroatoms. The molecule has 2 atom stereocenters. The van der Waals surface area contributed by atoms with Gasteiger partial charge in [-0.25, -0.2) is 0 Å². The van der Waals surface area contributed by atoms with Crippen molar-refractivity contribution in [1.82, 2.24) is 5.32 Å². The van der Waals surface area contributed by atoms with Crippen LogP contribution >= 0.6 is 11.8 Å². The highest BCUT2D eigenvalue weighted by atomic mass is 32.2. The summed E-state index contributed by atoms with van der Waals surface area (Å²) < 4.78 is 0. The first kappa shape index (κ1) is 14.3. The number of anilines is 1. The van der Waals surface area contributed by atoms with E-state index in [2.05, 4.69) is 12.2 Å². The molecule has 2 rings (SSSR count). The zero-order valence-electron chi connectivity index (χ0n) is 11.4. The van der Waals surface area contributed by atoms with E-state index in [4.69, 9.17) is 5.73 Å². The number of nitrogens with one attached hydrogen (secondary N) is 1.